The van der Waals surface area contributed by atoms with E-state index in [2.05, 4.69) is 22.4 Å². The number of benzene rings is 1. The summed E-state index contributed by atoms with van der Waals surface area (Å²) in [6, 6.07) is 13.5. The number of ether oxygens (including phenoxy) is 2. The third-order valence-corrected chi connectivity index (χ3v) is 5.19. The summed E-state index contributed by atoms with van der Waals surface area (Å²) in [5.41, 5.74) is 4.92. The molecule has 0 saturated carbocycles. The Bertz CT molecular complexity index is 860. The molecule has 126 valence electrons. The van der Waals surface area contributed by atoms with Crippen LogP contribution in [-0.2, 0) is 9.47 Å². The molecule has 1 aromatic carbocycles. The molecule has 0 aliphatic carbocycles. The molecule has 3 atom stereocenters. The first-order valence-corrected chi connectivity index (χ1v) is 8.02. The van der Waals surface area contributed by atoms with Gasteiger partial charge in [-0.3, -0.25) is 0 Å². The van der Waals surface area contributed by atoms with Crippen molar-refractivity contribution in [3.05, 3.63) is 47.7 Å². The molecule has 3 N–H and O–H groups in total. The van der Waals surface area contributed by atoms with Crippen molar-refractivity contribution in [2.75, 3.05) is 13.2 Å². The third-order valence-electron chi connectivity index (χ3n) is 5.19. The van der Waals surface area contributed by atoms with Crippen LogP contribution in [0.25, 0.3) is 0 Å². The quantitative estimate of drug-likeness (QED) is 0.799. The van der Waals surface area contributed by atoms with Crippen LogP contribution >= 0.6 is 0 Å². The van der Waals surface area contributed by atoms with Gasteiger partial charge in [-0.2, -0.15) is 10.5 Å². The summed E-state index contributed by atoms with van der Waals surface area (Å²) in [6.45, 7) is 2.42. The van der Waals surface area contributed by atoms with Crippen molar-refractivity contribution < 1.29 is 9.47 Å². The molecule has 7 heteroatoms. The Hall–Kier alpha value is -2.87. The van der Waals surface area contributed by atoms with Crippen LogP contribution in [0, 0.1) is 33.5 Å². The molecule has 3 aliphatic heterocycles. The molecule has 0 aromatic heterocycles. The Labute approximate surface area is 145 Å². The van der Waals surface area contributed by atoms with Crippen LogP contribution in [0.15, 0.2) is 47.1 Å². The summed E-state index contributed by atoms with van der Waals surface area (Å²) in [5.74, 6) is -1.54. The number of amidine groups is 1. The third kappa shape index (κ3) is 1.67. The van der Waals surface area contributed by atoms with Gasteiger partial charge < -0.3 is 20.5 Å². The number of nitrogens with one attached hydrogen (secondary N) is 1. The first kappa shape index (κ1) is 15.6. The number of hydrogen-bond acceptors (Lipinski definition) is 7. The summed E-state index contributed by atoms with van der Waals surface area (Å²) >= 11 is 0. The molecule has 1 aromatic rings. The minimum absolute atomic E-state index is 0.0450. The predicted molar refractivity (Wildman–Crippen MR) is 88.4 cm³/mol. The topological polar surface area (TPSA) is 116 Å². The molecule has 3 heterocycles. The second-order valence-corrected chi connectivity index (χ2v) is 6.43. The highest BCUT2D eigenvalue weighted by molar-refractivity contribution is 5.95. The van der Waals surface area contributed by atoms with Crippen LogP contribution in [0.2, 0.25) is 0 Å². The number of allylic oxidation sites excluding steroid dienone is 1. The van der Waals surface area contributed by atoms with Gasteiger partial charge in [0.1, 0.15) is 5.84 Å². The first-order valence-electron chi connectivity index (χ1n) is 8.02. The van der Waals surface area contributed by atoms with E-state index in [4.69, 9.17) is 15.2 Å². The highest BCUT2D eigenvalue weighted by Gasteiger charge is 2.77. The SMILES string of the molecule is CC1=C[C@]2(C#N)C3(N=C(N)[C@@]2(C#N)[C@H](c2ccccc2)N1)OCCO3. The van der Waals surface area contributed by atoms with E-state index in [-0.39, 0.29) is 19.0 Å². The Morgan fingerprint density at radius 2 is 1.88 bits per heavy atom. The molecule has 1 fully saturated rings. The van der Waals surface area contributed by atoms with Crippen molar-refractivity contribution >= 4 is 5.84 Å². The number of hydrogen-bond donors (Lipinski definition) is 2. The van der Waals surface area contributed by atoms with Gasteiger partial charge in [0.25, 0.3) is 5.91 Å². The molecule has 4 rings (SSSR count). The maximum atomic E-state index is 10.2. The van der Waals surface area contributed by atoms with Crippen LogP contribution in [0.5, 0.6) is 0 Å². The van der Waals surface area contributed by atoms with Crippen LogP contribution in [0.1, 0.15) is 18.5 Å². The molecule has 0 bridgehead atoms. The molecule has 3 aliphatic rings. The number of aliphatic imine (C=N–C) groups is 1. The van der Waals surface area contributed by atoms with Crippen molar-refractivity contribution in [3.63, 3.8) is 0 Å². The number of nitriles is 2. The number of fused-ring (bicyclic) bond motifs is 2. The van der Waals surface area contributed by atoms with E-state index in [1.165, 1.54) is 0 Å². The van der Waals surface area contributed by atoms with Crippen molar-refractivity contribution in [2.45, 2.75) is 18.9 Å². The maximum absolute atomic E-state index is 10.2. The van der Waals surface area contributed by atoms with Crippen LogP contribution in [0.3, 0.4) is 0 Å². The standard InChI is InChI=1S/C18H17N5O2/c1-12-9-16(10-19)17(11-20,14(22-12)13-5-3-2-4-6-13)15(21)23-18(16)24-7-8-25-18/h2-6,9,14,22H,7-8H2,1H3,(H2,21,23)/t14-,16+,17+/m0/s1. The van der Waals surface area contributed by atoms with Gasteiger partial charge in [-0.1, -0.05) is 30.3 Å². The molecule has 0 amide bonds. The minimum atomic E-state index is -1.59. The summed E-state index contributed by atoms with van der Waals surface area (Å²) in [7, 11) is 0. The fraction of sp³-hybridized carbons (Fsp3) is 0.389. The minimum Gasteiger partial charge on any atom is -0.386 e. The largest absolute Gasteiger partial charge is 0.386 e. The van der Waals surface area contributed by atoms with Gasteiger partial charge >= 0.3 is 0 Å². The van der Waals surface area contributed by atoms with Crippen molar-refractivity contribution in [2.24, 2.45) is 21.6 Å². The van der Waals surface area contributed by atoms with E-state index in [1.54, 1.807) is 6.08 Å². The lowest BCUT2D eigenvalue weighted by Crippen LogP contribution is -2.61. The highest BCUT2D eigenvalue weighted by Crippen LogP contribution is 2.63. The van der Waals surface area contributed by atoms with Gasteiger partial charge in [0.2, 0.25) is 0 Å². The van der Waals surface area contributed by atoms with E-state index in [1.807, 2.05) is 37.3 Å². The Balaban J connectivity index is 2.03. The summed E-state index contributed by atoms with van der Waals surface area (Å²) in [5, 5.41) is 23.8. The van der Waals surface area contributed by atoms with E-state index in [9.17, 15) is 10.5 Å². The average Bonchev–Trinajstić information content (AvgIpc) is 3.18. The second kappa shape index (κ2) is 5.06. The number of nitrogens with zero attached hydrogens (tertiary/aromatic N) is 3. The smallest absolute Gasteiger partial charge is 0.296 e. The lowest BCUT2D eigenvalue weighted by Gasteiger charge is -2.47. The number of nitrogens with two attached hydrogens (primary N) is 1. The Morgan fingerprint density at radius 1 is 1.20 bits per heavy atom. The van der Waals surface area contributed by atoms with E-state index >= 15 is 0 Å². The maximum Gasteiger partial charge on any atom is 0.296 e. The molecular weight excluding hydrogens is 318 g/mol. The fourth-order valence-electron chi connectivity index (χ4n) is 4.14. The predicted octanol–water partition coefficient (Wildman–Crippen LogP) is 1.33. The van der Waals surface area contributed by atoms with E-state index in [0.29, 0.717) is 0 Å². The highest BCUT2D eigenvalue weighted by atomic mass is 16.8. The zero-order valence-electron chi connectivity index (χ0n) is 13.7. The van der Waals surface area contributed by atoms with E-state index in [0.717, 1.165) is 11.3 Å². The Morgan fingerprint density at radius 3 is 2.48 bits per heavy atom. The molecule has 7 nitrogen and oxygen atoms in total. The molecule has 25 heavy (non-hydrogen) atoms. The van der Waals surface area contributed by atoms with Gasteiger partial charge in [0.05, 0.1) is 31.4 Å². The summed E-state index contributed by atoms with van der Waals surface area (Å²) in [6.07, 6.45) is 1.67. The van der Waals surface area contributed by atoms with Crippen molar-refractivity contribution in [1.29, 1.82) is 10.5 Å². The monoisotopic (exact) mass is 335 g/mol. The zero-order chi connectivity index (χ0) is 17.7. The second-order valence-electron chi connectivity index (χ2n) is 6.43. The summed E-state index contributed by atoms with van der Waals surface area (Å²) < 4.78 is 11.5. The fourth-order valence-corrected chi connectivity index (χ4v) is 4.14. The van der Waals surface area contributed by atoms with Crippen molar-refractivity contribution in [3.8, 4) is 12.1 Å². The van der Waals surface area contributed by atoms with Gasteiger partial charge in [0, 0.05) is 5.70 Å². The lowest BCUT2D eigenvalue weighted by atomic mass is 9.57. The van der Waals surface area contributed by atoms with Crippen LogP contribution < -0.4 is 11.1 Å². The van der Waals surface area contributed by atoms with Gasteiger partial charge in [-0.25, -0.2) is 4.99 Å². The van der Waals surface area contributed by atoms with Crippen LogP contribution in [-0.4, -0.2) is 25.0 Å². The molecule has 1 spiro atoms. The number of rotatable bonds is 1. The Kier molecular flexibility index (Phi) is 3.17. The van der Waals surface area contributed by atoms with Crippen molar-refractivity contribution in [1.82, 2.24) is 5.32 Å². The molecule has 0 radical (unpaired) electrons. The van der Waals surface area contributed by atoms with E-state index < -0.39 is 22.8 Å². The van der Waals surface area contributed by atoms with Gasteiger partial charge in [-0.05, 0) is 18.6 Å². The van der Waals surface area contributed by atoms with Gasteiger partial charge in [-0.15, -0.1) is 0 Å². The molecular formula is C18H17N5O2. The molecule has 1 saturated heterocycles. The first-order chi connectivity index (χ1) is 12.1. The average molecular weight is 335 g/mol. The normalized spacial score (nSPS) is 35.1. The molecule has 0 unspecified atom stereocenters. The lowest BCUT2D eigenvalue weighted by molar-refractivity contribution is -0.208. The zero-order valence-corrected chi connectivity index (χ0v) is 13.7. The summed E-state index contributed by atoms with van der Waals surface area (Å²) in [4.78, 5) is 4.38. The van der Waals surface area contributed by atoms with Crippen LogP contribution in [0.4, 0.5) is 0 Å². The van der Waals surface area contributed by atoms with Gasteiger partial charge in [0.15, 0.2) is 10.8 Å².